The quantitative estimate of drug-likeness (QED) is 0.669. The van der Waals surface area contributed by atoms with E-state index in [2.05, 4.69) is 36.6 Å². The molecule has 0 atom stereocenters. The molecule has 1 aromatic carbocycles. The number of halogens is 1. The van der Waals surface area contributed by atoms with Gasteiger partial charge in [-0.25, -0.2) is 0 Å². The first-order valence-corrected chi connectivity index (χ1v) is 9.72. The maximum atomic E-state index is 6.36. The Morgan fingerprint density at radius 2 is 1.86 bits per heavy atom. The number of hydrogen-bond donors (Lipinski definition) is 0. The van der Waals surface area contributed by atoms with Gasteiger partial charge in [-0.2, -0.15) is 0 Å². The van der Waals surface area contributed by atoms with Crippen LogP contribution in [0, 0.1) is 0 Å². The van der Waals surface area contributed by atoms with Crippen molar-refractivity contribution in [1.29, 1.82) is 0 Å². The van der Waals surface area contributed by atoms with Crippen LogP contribution in [0.5, 0.6) is 0 Å². The van der Waals surface area contributed by atoms with Crippen LogP contribution in [0.25, 0.3) is 5.69 Å². The highest BCUT2D eigenvalue weighted by Crippen LogP contribution is 2.30. The lowest BCUT2D eigenvalue weighted by molar-refractivity contribution is 0.310. The molecule has 0 bridgehead atoms. The number of benzene rings is 1. The summed E-state index contributed by atoms with van der Waals surface area (Å²) in [4.78, 5) is 14.0. The van der Waals surface area contributed by atoms with Crippen LogP contribution in [0.3, 0.4) is 0 Å². The smallest absolute Gasteiger partial charge is 0.232 e. The lowest BCUT2D eigenvalue weighted by Crippen LogP contribution is -2.45. The average molecular weight is 394 g/mol. The zero-order chi connectivity index (χ0) is 19.1. The van der Waals surface area contributed by atoms with Gasteiger partial charge in [0.1, 0.15) is 6.54 Å². The van der Waals surface area contributed by atoms with Crippen molar-refractivity contribution in [3.8, 4) is 5.69 Å². The summed E-state index contributed by atoms with van der Waals surface area (Å²) >= 11 is 6.36. The van der Waals surface area contributed by atoms with Crippen LogP contribution in [0.1, 0.15) is 17.1 Å². The second-order valence-corrected chi connectivity index (χ2v) is 7.52. The number of fused-ring (bicyclic) bond motifs is 3. The molecule has 142 valence electrons. The lowest BCUT2D eigenvalue weighted by atomic mass is 10.0. The first kappa shape index (κ1) is 17.3. The van der Waals surface area contributed by atoms with Gasteiger partial charge in [-0.1, -0.05) is 17.7 Å². The van der Waals surface area contributed by atoms with Crippen LogP contribution in [0.2, 0.25) is 5.02 Å². The fourth-order valence-corrected chi connectivity index (χ4v) is 3.89. The van der Waals surface area contributed by atoms with Crippen molar-refractivity contribution < 1.29 is 0 Å². The van der Waals surface area contributed by atoms with Crippen LogP contribution in [0.4, 0.5) is 5.95 Å². The summed E-state index contributed by atoms with van der Waals surface area (Å²) < 4.78 is 2.12. The Bertz CT molecular complexity index is 1040. The SMILES string of the molecule is CN1CCN(c2nnc3n2-c2ccc(Cl)cc2C(c2ccccn2)=NC3)CC1. The van der Waals surface area contributed by atoms with Crippen LogP contribution in [0.15, 0.2) is 47.6 Å². The Morgan fingerprint density at radius 3 is 2.64 bits per heavy atom. The van der Waals surface area contributed by atoms with E-state index in [1.54, 1.807) is 6.20 Å². The molecule has 2 aliphatic heterocycles. The number of piperazine rings is 1. The summed E-state index contributed by atoms with van der Waals surface area (Å²) in [5.74, 6) is 1.69. The minimum Gasteiger partial charge on any atom is -0.338 e. The van der Waals surface area contributed by atoms with Gasteiger partial charge >= 0.3 is 0 Å². The molecule has 0 spiro atoms. The Morgan fingerprint density at radius 1 is 1.00 bits per heavy atom. The summed E-state index contributed by atoms with van der Waals surface area (Å²) in [6.45, 7) is 4.30. The zero-order valence-electron chi connectivity index (χ0n) is 15.6. The standard InChI is InChI=1S/C20H20ClN7/c1-26-8-10-27(11-9-26)20-25-24-18-13-23-19(16-4-2-3-7-22-16)15-12-14(21)5-6-17(15)28(18)20/h2-7,12H,8-11,13H2,1H3. The van der Waals surface area contributed by atoms with E-state index >= 15 is 0 Å². The molecule has 0 amide bonds. The maximum Gasteiger partial charge on any atom is 0.232 e. The molecular formula is C20H20ClN7. The third-order valence-corrected chi connectivity index (χ3v) is 5.47. The number of aliphatic imine (C=N–C) groups is 1. The topological polar surface area (TPSA) is 62.4 Å². The van der Waals surface area contributed by atoms with Gasteiger partial charge in [-0.15, -0.1) is 10.2 Å². The molecule has 4 heterocycles. The first-order chi connectivity index (χ1) is 13.7. The predicted octanol–water partition coefficient (Wildman–Crippen LogP) is 2.42. The van der Waals surface area contributed by atoms with Crippen molar-refractivity contribution in [2.24, 2.45) is 4.99 Å². The number of rotatable bonds is 2. The minimum atomic E-state index is 0.443. The molecule has 1 fully saturated rings. The van der Waals surface area contributed by atoms with Crippen LogP contribution < -0.4 is 4.90 Å². The summed E-state index contributed by atoms with van der Waals surface area (Å²) in [5, 5.41) is 9.63. The van der Waals surface area contributed by atoms with Crippen molar-refractivity contribution in [2.45, 2.75) is 6.54 Å². The van der Waals surface area contributed by atoms with Crippen molar-refractivity contribution >= 4 is 23.3 Å². The number of nitrogens with zero attached hydrogens (tertiary/aromatic N) is 7. The van der Waals surface area contributed by atoms with Crippen LogP contribution in [-0.2, 0) is 6.54 Å². The lowest BCUT2D eigenvalue weighted by Gasteiger charge is -2.33. The highest BCUT2D eigenvalue weighted by Gasteiger charge is 2.27. The van der Waals surface area contributed by atoms with Gasteiger partial charge in [-0.05, 0) is 37.4 Å². The fraction of sp³-hybridized carbons (Fsp3) is 0.300. The van der Waals surface area contributed by atoms with Crippen LogP contribution >= 0.6 is 11.6 Å². The number of hydrogen-bond acceptors (Lipinski definition) is 6. The number of anilines is 1. The van der Waals surface area contributed by atoms with E-state index in [0.29, 0.717) is 11.6 Å². The highest BCUT2D eigenvalue weighted by molar-refractivity contribution is 6.31. The predicted molar refractivity (Wildman–Crippen MR) is 110 cm³/mol. The normalized spacial score (nSPS) is 16.9. The zero-order valence-corrected chi connectivity index (χ0v) is 16.3. The molecule has 0 aliphatic carbocycles. The van der Waals surface area contributed by atoms with E-state index < -0.39 is 0 Å². The van der Waals surface area contributed by atoms with Gasteiger partial charge in [0, 0.05) is 43.0 Å². The Kier molecular flexibility index (Phi) is 4.33. The summed E-state index contributed by atoms with van der Waals surface area (Å²) in [7, 11) is 2.14. The third kappa shape index (κ3) is 2.96. The van der Waals surface area contributed by atoms with E-state index in [4.69, 9.17) is 16.6 Å². The molecule has 0 N–H and O–H groups in total. The second-order valence-electron chi connectivity index (χ2n) is 7.08. The molecule has 0 radical (unpaired) electrons. The molecule has 5 rings (SSSR count). The molecule has 0 saturated carbocycles. The molecule has 2 aliphatic rings. The molecule has 0 unspecified atom stereocenters. The number of likely N-dealkylation sites (N-methyl/N-ethyl adjacent to an activating group) is 1. The number of pyridine rings is 1. The van der Waals surface area contributed by atoms with Gasteiger partial charge in [0.05, 0.1) is 17.1 Å². The second kappa shape index (κ2) is 7.00. The highest BCUT2D eigenvalue weighted by atomic mass is 35.5. The van der Waals surface area contributed by atoms with E-state index in [-0.39, 0.29) is 0 Å². The van der Waals surface area contributed by atoms with Crippen molar-refractivity contribution in [1.82, 2.24) is 24.6 Å². The van der Waals surface area contributed by atoms with Gasteiger partial charge in [0.25, 0.3) is 0 Å². The van der Waals surface area contributed by atoms with E-state index in [1.165, 1.54) is 0 Å². The monoisotopic (exact) mass is 393 g/mol. The Balaban J connectivity index is 1.65. The maximum absolute atomic E-state index is 6.36. The largest absolute Gasteiger partial charge is 0.338 e. The van der Waals surface area contributed by atoms with Gasteiger partial charge in [0.2, 0.25) is 5.95 Å². The first-order valence-electron chi connectivity index (χ1n) is 9.34. The van der Waals surface area contributed by atoms with Crippen molar-refractivity contribution in [2.75, 3.05) is 38.1 Å². The molecule has 2 aromatic heterocycles. The summed E-state index contributed by atoms with van der Waals surface area (Å²) in [6.07, 6.45) is 1.78. The molecular weight excluding hydrogens is 374 g/mol. The molecule has 1 saturated heterocycles. The molecule has 28 heavy (non-hydrogen) atoms. The van der Waals surface area contributed by atoms with E-state index in [0.717, 1.165) is 60.6 Å². The van der Waals surface area contributed by atoms with E-state index in [9.17, 15) is 0 Å². The molecule has 3 aromatic rings. The fourth-order valence-electron chi connectivity index (χ4n) is 3.72. The van der Waals surface area contributed by atoms with E-state index in [1.807, 2.05) is 36.4 Å². The minimum absolute atomic E-state index is 0.443. The summed E-state index contributed by atoms with van der Waals surface area (Å²) in [6, 6.07) is 11.7. The molecule has 7 nitrogen and oxygen atoms in total. The van der Waals surface area contributed by atoms with Crippen molar-refractivity contribution in [3.05, 3.63) is 64.7 Å². The third-order valence-electron chi connectivity index (χ3n) is 5.24. The van der Waals surface area contributed by atoms with Gasteiger partial charge < -0.3 is 9.80 Å². The average Bonchev–Trinajstić information content (AvgIpc) is 3.06. The van der Waals surface area contributed by atoms with Crippen LogP contribution in [-0.4, -0.2) is 63.6 Å². The summed E-state index contributed by atoms with van der Waals surface area (Å²) in [5.41, 5.74) is 3.58. The number of aromatic nitrogens is 4. The Labute approximate surface area is 168 Å². The van der Waals surface area contributed by atoms with Gasteiger partial charge in [-0.3, -0.25) is 14.5 Å². The molecule has 8 heteroatoms. The van der Waals surface area contributed by atoms with Gasteiger partial charge in [0.15, 0.2) is 5.82 Å². The van der Waals surface area contributed by atoms with Crippen molar-refractivity contribution in [3.63, 3.8) is 0 Å². The Hall–Kier alpha value is -2.77.